The summed E-state index contributed by atoms with van der Waals surface area (Å²) in [7, 11) is 0. The molecule has 1 aromatic rings. The van der Waals surface area contributed by atoms with Crippen molar-refractivity contribution in [3.8, 4) is 5.75 Å². The predicted octanol–water partition coefficient (Wildman–Crippen LogP) is -0.793. The summed E-state index contributed by atoms with van der Waals surface area (Å²) in [6, 6.07) is -0.0485. The molecule has 3 aliphatic rings. The second-order valence-corrected chi connectivity index (χ2v) is 7.61. The first-order valence-corrected chi connectivity index (χ1v) is 9.96. The van der Waals surface area contributed by atoms with Crippen molar-refractivity contribution in [3.05, 3.63) is 27.7 Å². The number of aromatic hydroxyl groups is 1. The topological polar surface area (TPSA) is 113 Å². The lowest BCUT2D eigenvalue weighted by Gasteiger charge is -2.44. The Morgan fingerprint density at radius 1 is 1.28 bits per heavy atom. The number of nitrogens with one attached hydrogen (secondary N) is 1. The van der Waals surface area contributed by atoms with Gasteiger partial charge in [-0.25, -0.2) is 0 Å². The molecule has 2 fully saturated rings. The highest BCUT2D eigenvalue weighted by atomic mass is 16.5. The number of fused-ring (bicyclic) bond motifs is 2. The van der Waals surface area contributed by atoms with Crippen LogP contribution >= 0.6 is 0 Å². The number of carbonyl (C=O) groups is 2. The zero-order valence-electron chi connectivity index (χ0n) is 16.4. The first kappa shape index (κ1) is 19.9. The SMILES string of the molecule is C[C@@H]1CCO[C@H]2Cn3cc(C(=O)NCCN4CCOCC4)c(=O)c(O)c3C(=O)N12. The van der Waals surface area contributed by atoms with Crippen LogP contribution in [0.15, 0.2) is 11.0 Å². The Kier molecular flexibility index (Phi) is 5.57. The largest absolute Gasteiger partial charge is 0.503 e. The van der Waals surface area contributed by atoms with Crippen molar-refractivity contribution < 1.29 is 24.2 Å². The molecule has 2 saturated heterocycles. The van der Waals surface area contributed by atoms with Crippen LogP contribution in [0.25, 0.3) is 0 Å². The number of amides is 2. The summed E-state index contributed by atoms with van der Waals surface area (Å²) in [5.41, 5.74) is -1.11. The monoisotopic (exact) mass is 406 g/mol. The molecule has 29 heavy (non-hydrogen) atoms. The maximum atomic E-state index is 12.9. The third-order valence-electron chi connectivity index (χ3n) is 5.74. The average molecular weight is 406 g/mol. The second kappa shape index (κ2) is 8.13. The van der Waals surface area contributed by atoms with Gasteiger partial charge in [-0.2, -0.15) is 0 Å². The third-order valence-corrected chi connectivity index (χ3v) is 5.74. The highest BCUT2D eigenvalue weighted by molar-refractivity contribution is 5.99. The van der Waals surface area contributed by atoms with Crippen LogP contribution < -0.4 is 10.7 Å². The average Bonchev–Trinajstić information content (AvgIpc) is 2.71. The van der Waals surface area contributed by atoms with Crippen molar-refractivity contribution >= 4 is 11.8 Å². The molecule has 0 saturated carbocycles. The van der Waals surface area contributed by atoms with Crippen molar-refractivity contribution in [1.29, 1.82) is 0 Å². The zero-order valence-corrected chi connectivity index (χ0v) is 16.4. The first-order valence-electron chi connectivity index (χ1n) is 9.96. The molecule has 3 aliphatic heterocycles. The quantitative estimate of drug-likeness (QED) is 0.673. The van der Waals surface area contributed by atoms with Crippen molar-refractivity contribution in [1.82, 2.24) is 19.7 Å². The maximum absolute atomic E-state index is 12.9. The van der Waals surface area contributed by atoms with Crippen LogP contribution in [0.3, 0.4) is 0 Å². The zero-order chi connectivity index (χ0) is 20.5. The Morgan fingerprint density at radius 2 is 2.03 bits per heavy atom. The molecule has 4 rings (SSSR count). The second-order valence-electron chi connectivity index (χ2n) is 7.61. The smallest absolute Gasteiger partial charge is 0.276 e. The van der Waals surface area contributed by atoms with Crippen molar-refractivity contribution in [2.24, 2.45) is 0 Å². The molecule has 0 spiro atoms. The van der Waals surface area contributed by atoms with E-state index in [4.69, 9.17) is 9.47 Å². The summed E-state index contributed by atoms with van der Waals surface area (Å²) in [4.78, 5) is 41.7. The summed E-state index contributed by atoms with van der Waals surface area (Å²) >= 11 is 0. The number of nitrogens with zero attached hydrogens (tertiary/aromatic N) is 3. The van der Waals surface area contributed by atoms with Crippen molar-refractivity contribution in [2.45, 2.75) is 32.2 Å². The number of hydrogen-bond donors (Lipinski definition) is 2. The minimum Gasteiger partial charge on any atom is -0.503 e. The number of aromatic nitrogens is 1. The van der Waals surface area contributed by atoms with E-state index in [1.165, 1.54) is 10.8 Å². The van der Waals surface area contributed by atoms with Gasteiger partial charge in [0.05, 0.1) is 26.4 Å². The van der Waals surface area contributed by atoms with Crippen LogP contribution in [0.4, 0.5) is 0 Å². The molecule has 2 amide bonds. The number of carbonyl (C=O) groups excluding carboxylic acids is 2. The predicted molar refractivity (Wildman–Crippen MR) is 102 cm³/mol. The van der Waals surface area contributed by atoms with Gasteiger partial charge in [-0.05, 0) is 13.3 Å². The van der Waals surface area contributed by atoms with E-state index >= 15 is 0 Å². The highest BCUT2D eigenvalue weighted by Gasteiger charge is 2.41. The summed E-state index contributed by atoms with van der Waals surface area (Å²) < 4.78 is 12.4. The fourth-order valence-electron chi connectivity index (χ4n) is 4.07. The highest BCUT2D eigenvalue weighted by Crippen LogP contribution is 2.29. The Labute approximate surface area is 168 Å². The molecule has 0 aromatic carbocycles. The number of morpholine rings is 1. The van der Waals surface area contributed by atoms with E-state index in [0.717, 1.165) is 13.1 Å². The van der Waals surface area contributed by atoms with Gasteiger partial charge in [0, 0.05) is 38.4 Å². The fourth-order valence-corrected chi connectivity index (χ4v) is 4.07. The molecule has 0 aliphatic carbocycles. The van der Waals surface area contributed by atoms with Crippen LogP contribution in [0.2, 0.25) is 0 Å². The van der Waals surface area contributed by atoms with Gasteiger partial charge in [-0.1, -0.05) is 0 Å². The van der Waals surface area contributed by atoms with Crippen LogP contribution in [-0.2, 0) is 16.0 Å². The van der Waals surface area contributed by atoms with E-state index in [1.54, 1.807) is 4.90 Å². The summed E-state index contributed by atoms with van der Waals surface area (Å²) in [6.07, 6.45) is 1.56. The molecule has 0 bridgehead atoms. The molecular formula is C19H26N4O6. The van der Waals surface area contributed by atoms with E-state index in [9.17, 15) is 19.5 Å². The Hall–Kier alpha value is -2.43. The van der Waals surface area contributed by atoms with E-state index in [2.05, 4.69) is 10.2 Å². The van der Waals surface area contributed by atoms with Crippen LogP contribution in [0, 0.1) is 0 Å². The van der Waals surface area contributed by atoms with Gasteiger partial charge >= 0.3 is 0 Å². The Balaban J connectivity index is 1.52. The molecule has 4 heterocycles. The Morgan fingerprint density at radius 3 is 2.79 bits per heavy atom. The minimum atomic E-state index is -0.836. The summed E-state index contributed by atoms with van der Waals surface area (Å²) in [6.45, 7) is 6.66. The Bertz CT molecular complexity index is 863. The number of hydrogen-bond acceptors (Lipinski definition) is 7. The van der Waals surface area contributed by atoms with Gasteiger partial charge in [-0.15, -0.1) is 0 Å². The van der Waals surface area contributed by atoms with Crippen molar-refractivity contribution in [3.63, 3.8) is 0 Å². The van der Waals surface area contributed by atoms with Gasteiger partial charge in [-0.3, -0.25) is 19.3 Å². The molecule has 0 radical (unpaired) electrons. The van der Waals surface area contributed by atoms with Crippen LogP contribution in [-0.4, -0.2) is 89.6 Å². The molecule has 0 unspecified atom stereocenters. The maximum Gasteiger partial charge on any atom is 0.276 e. The van der Waals surface area contributed by atoms with Crippen LogP contribution in [0.5, 0.6) is 5.75 Å². The van der Waals surface area contributed by atoms with Gasteiger partial charge < -0.3 is 29.4 Å². The summed E-state index contributed by atoms with van der Waals surface area (Å²) in [5.74, 6) is -1.71. The molecule has 1 aromatic heterocycles. The molecule has 10 heteroatoms. The molecule has 158 valence electrons. The van der Waals surface area contributed by atoms with Crippen molar-refractivity contribution in [2.75, 3.05) is 46.0 Å². The summed E-state index contributed by atoms with van der Waals surface area (Å²) in [5, 5.41) is 13.1. The third kappa shape index (κ3) is 3.75. The number of rotatable bonds is 4. The lowest BCUT2D eigenvalue weighted by atomic mass is 10.1. The number of ether oxygens (including phenoxy) is 2. The van der Waals surface area contributed by atoms with Crippen LogP contribution in [0.1, 0.15) is 34.2 Å². The normalized spacial score (nSPS) is 24.7. The van der Waals surface area contributed by atoms with E-state index in [1.807, 2.05) is 6.92 Å². The molecule has 2 atom stereocenters. The van der Waals surface area contributed by atoms with E-state index in [0.29, 0.717) is 39.3 Å². The van der Waals surface area contributed by atoms with Gasteiger partial charge in [0.1, 0.15) is 5.56 Å². The molecule has 10 nitrogen and oxygen atoms in total. The number of pyridine rings is 1. The lowest BCUT2D eigenvalue weighted by molar-refractivity contribution is -0.112. The fraction of sp³-hybridized carbons (Fsp3) is 0.632. The minimum absolute atomic E-state index is 0.0485. The van der Waals surface area contributed by atoms with Gasteiger partial charge in [0.25, 0.3) is 11.8 Å². The van der Waals surface area contributed by atoms with E-state index < -0.39 is 29.2 Å². The molecular weight excluding hydrogens is 380 g/mol. The van der Waals surface area contributed by atoms with Gasteiger partial charge in [0.2, 0.25) is 5.43 Å². The first-order chi connectivity index (χ1) is 14.0. The molecule has 2 N–H and O–H groups in total. The standard InChI is InChI=1S/C19H26N4O6/c1-12-2-7-29-14-11-22-10-13(16(24)17(25)15(22)19(27)23(12)14)18(26)20-3-4-21-5-8-28-9-6-21/h10,12,14,25H,2-9,11H2,1H3,(H,20,26)/t12-,14+/m1/s1. The van der Waals surface area contributed by atoms with E-state index in [-0.39, 0.29) is 23.8 Å². The van der Waals surface area contributed by atoms with Gasteiger partial charge in [0.15, 0.2) is 17.7 Å². The lowest BCUT2D eigenvalue weighted by Crippen LogP contribution is -2.57.